The SMILES string of the molecule is Fc1cc2c(cc1Br)nc(CCCl)n2Cc1ccon1. The second-order valence-electron chi connectivity index (χ2n) is 4.30. The van der Waals surface area contributed by atoms with Crippen LogP contribution >= 0.6 is 27.5 Å². The summed E-state index contributed by atoms with van der Waals surface area (Å²) in [4.78, 5) is 4.51. The molecule has 2 heterocycles. The molecule has 0 radical (unpaired) electrons. The number of aryl methyl sites for hydroxylation is 1. The van der Waals surface area contributed by atoms with Gasteiger partial charge in [-0.2, -0.15) is 0 Å². The summed E-state index contributed by atoms with van der Waals surface area (Å²) < 4.78 is 20.9. The van der Waals surface area contributed by atoms with Crippen LogP contribution in [-0.4, -0.2) is 20.6 Å². The molecule has 0 aliphatic heterocycles. The van der Waals surface area contributed by atoms with E-state index in [0.29, 0.717) is 28.8 Å². The second kappa shape index (κ2) is 5.54. The zero-order chi connectivity index (χ0) is 14.1. The fourth-order valence-corrected chi connectivity index (χ4v) is 2.60. The number of halogens is 3. The number of fused-ring (bicyclic) bond motifs is 1. The van der Waals surface area contributed by atoms with Gasteiger partial charge in [-0.3, -0.25) is 0 Å². The molecule has 0 N–H and O–H groups in total. The Labute approximate surface area is 127 Å². The van der Waals surface area contributed by atoms with E-state index in [9.17, 15) is 4.39 Å². The van der Waals surface area contributed by atoms with Gasteiger partial charge in [0, 0.05) is 24.4 Å². The van der Waals surface area contributed by atoms with Gasteiger partial charge in [-0.15, -0.1) is 11.6 Å². The molecule has 0 amide bonds. The molecule has 20 heavy (non-hydrogen) atoms. The summed E-state index contributed by atoms with van der Waals surface area (Å²) in [5.41, 5.74) is 2.19. The summed E-state index contributed by atoms with van der Waals surface area (Å²) in [5, 5.41) is 3.88. The Balaban J connectivity index is 2.15. The Kier molecular flexibility index (Phi) is 3.76. The van der Waals surface area contributed by atoms with Crippen molar-refractivity contribution in [2.75, 3.05) is 5.88 Å². The zero-order valence-electron chi connectivity index (χ0n) is 10.3. The Morgan fingerprint density at radius 3 is 2.95 bits per heavy atom. The number of imidazole rings is 1. The highest BCUT2D eigenvalue weighted by molar-refractivity contribution is 9.10. The van der Waals surface area contributed by atoms with E-state index in [-0.39, 0.29) is 5.82 Å². The van der Waals surface area contributed by atoms with Crippen molar-refractivity contribution in [2.24, 2.45) is 0 Å². The topological polar surface area (TPSA) is 43.9 Å². The van der Waals surface area contributed by atoms with Gasteiger partial charge in [0.15, 0.2) is 0 Å². The third-order valence-corrected chi connectivity index (χ3v) is 3.80. The van der Waals surface area contributed by atoms with Crippen molar-refractivity contribution >= 4 is 38.6 Å². The average molecular weight is 359 g/mol. The molecule has 0 aliphatic rings. The van der Waals surface area contributed by atoms with E-state index < -0.39 is 0 Å². The first-order valence-electron chi connectivity index (χ1n) is 5.98. The first-order valence-corrected chi connectivity index (χ1v) is 7.31. The smallest absolute Gasteiger partial charge is 0.139 e. The lowest BCUT2D eigenvalue weighted by atomic mass is 10.3. The maximum absolute atomic E-state index is 13.8. The van der Waals surface area contributed by atoms with Crippen LogP contribution in [0, 0.1) is 5.82 Å². The van der Waals surface area contributed by atoms with Crippen LogP contribution in [0.4, 0.5) is 4.39 Å². The molecule has 4 nitrogen and oxygen atoms in total. The van der Waals surface area contributed by atoms with Crippen molar-refractivity contribution in [3.63, 3.8) is 0 Å². The second-order valence-corrected chi connectivity index (χ2v) is 5.53. The van der Waals surface area contributed by atoms with Gasteiger partial charge in [0.05, 0.1) is 22.1 Å². The Hall–Kier alpha value is -1.40. The van der Waals surface area contributed by atoms with E-state index in [4.69, 9.17) is 16.1 Å². The normalized spacial score (nSPS) is 11.3. The monoisotopic (exact) mass is 357 g/mol. The van der Waals surface area contributed by atoms with Gasteiger partial charge in [-0.05, 0) is 22.0 Å². The van der Waals surface area contributed by atoms with Crippen LogP contribution in [0.1, 0.15) is 11.5 Å². The molecule has 0 bridgehead atoms. The van der Waals surface area contributed by atoms with Crippen LogP contribution < -0.4 is 0 Å². The molecular weight excluding hydrogens is 349 g/mol. The van der Waals surface area contributed by atoms with Gasteiger partial charge in [0.1, 0.15) is 23.6 Å². The van der Waals surface area contributed by atoms with Crippen molar-refractivity contribution in [3.05, 3.63) is 46.3 Å². The fraction of sp³-hybridized carbons (Fsp3) is 0.231. The highest BCUT2D eigenvalue weighted by Gasteiger charge is 2.14. The summed E-state index contributed by atoms with van der Waals surface area (Å²) in [7, 11) is 0. The number of alkyl halides is 1. The average Bonchev–Trinajstić information content (AvgIpc) is 3.02. The third kappa shape index (κ3) is 2.45. The Morgan fingerprint density at radius 1 is 1.40 bits per heavy atom. The minimum Gasteiger partial charge on any atom is -0.364 e. The maximum atomic E-state index is 13.8. The highest BCUT2D eigenvalue weighted by Crippen LogP contribution is 2.25. The number of rotatable bonds is 4. The van der Waals surface area contributed by atoms with Gasteiger partial charge < -0.3 is 9.09 Å². The molecule has 0 saturated carbocycles. The fourth-order valence-electron chi connectivity index (χ4n) is 2.10. The van der Waals surface area contributed by atoms with E-state index in [1.807, 2.05) is 4.57 Å². The molecule has 7 heteroatoms. The van der Waals surface area contributed by atoms with Crippen molar-refractivity contribution in [1.29, 1.82) is 0 Å². The number of benzene rings is 1. The van der Waals surface area contributed by atoms with Gasteiger partial charge in [-0.1, -0.05) is 5.16 Å². The largest absolute Gasteiger partial charge is 0.364 e. The molecule has 0 unspecified atom stereocenters. The van der Waals surface area contributed by atoms with Gasteiger partial charge in [0.25, 0.3) is 0 Å². The lowest BCUT2D eigenvalue weighted by Gasteiger charge is -2.06. The van der Waals surface area contributed by atoms with E-state index in [1.165, 1.54) is 12.3 Å². The molecule has 2 aromatic heterocycles. The summed E-state index contributed by atoms with van der Waals surface area (Å²) >= 11 is 8.98. The molecule has 3 rings (SSSR count). The predicted octanol–water partition coefficient (Wildman–Crippen LogP) is 3.76. The number of aromatic nitrogens is 3. The first kappa shape index (κ1) is 13.6. The van der Waals surface area contributed by atoms with Crippen molar-refractivity contribution in [1.82, 2.24) is 14.7 Å². The van der Waals surface area contributed by atoms with Crippen molar-refractivity contribution < 1.29 is 8.91 Å². The molecule has 1 aromatic carbocycles. The Morgan fingerprint density at radius 2 is 2.25 bits per heavy atom. The number of hydrogen-bond acceptors (Lipinski definition) is 3. The van der Waals surface area contributed by atoms with Crippen LogP contribution in [0.15, 0.2) is 33.5 Å². The highest BCUT2D eigenvalue weighted by atomic mass is 79.9. The molecule has 0 atom stereocenters. The lowest BCUT2D eigenvalue weighted by molar-refractivity contribution is 0.409. The van der Waals surface area contributed by atoms with Crippen LogP contribution in [0.5, 0.6) is 0 Å². The number of nitrogens with zero attached hydrogens (tertiary/aromatic N) is 3. The van der Waals surface area contributed by atoms with Crippen molar-refractivity contribution in [2.45, 2.75) is 13.0 Å². The lowest BCUT2D eigenvalue weighted by Crippen LogP contribution is -2.06. The van der Waals surface area contributed by atoms with Gasteiger partial charge in [-0.25, -0.2) is 9.37 Å². The molecule has 0 saturated heterocycles. The third-order valence-electron chi connectivity index (χ3n) is 3.00. The van der Waals surface area contributed by atoms with E-state index >= 15 is 0 Å². The standard InChI is InChI=1S/C13H10BrClFN3O/c14-9-5-11-12(6-10(9)16)19(13(17-11)1-3-15)7-8-2-4-20-18-8/h2,4-6H,1,3,7H2. The number of hydrogen-bond donors (Lipinski definition) is 0. The van der Waals surface area contributed by atoms with Gasteiger partial charge >= 0.3 is 0 Å². The summed E-state index contributed by atoms with van der Waals surface area (Å²) in [6.07, 6.45) is 2.11. The summed E-state index contributed by atoms with van der Waals surface area (Å²) in [5.74, 6) is 0.929. The quantitative estimate of drug-likeness (QED) is 0.667. The molecule has 0 spiro atoms. The van der Waals surface area contributed by atoms with Crippen LogP contribution in [-0.2, 0) is 13.0 Å². The maximum Gasteiger partial charge on any atom is 0.139 e. The molecular formula is C13H10BrClFN3O. The first-order chi connectivity index (χ1) is 9.69. The van der Waals surface area contributed by atoms with E-state index in [1.54, 1.807) is 12.1 Å². The minimum absolute atomic E-state index is 0.323. The van der Waals surface area contributed by atoms with E-state index in [2.05, 4.69) is 26.1 Å². The van der Waals surface area contributed by atoms with Crippen LogP contribution in [0.2, 0.25) is 0 Å². The Bertz CT molecular complexity index is 742. The molecule has 0 fully saturated rings. The van der Waals surface area contributed by atoms with Crippen LogP contribution in [0.3, 0.4) is 0 Å². The predicted molar refractivity (Wildman–Crippen MR) is 77.4 cm³/mol. The van der Waals surface area contributed by atoms with Crippen LogP contribution in [0.25, 0.3) is 11.0 Å². The summed E-state index contributed by atoms with van der Waals surface area (Å²) in [6.45, 7) is 0.473. The van der Waals surface area contributed by atoms with Crippen molar-refractivity contribution in [3.8, 4) is 0 Å². The van der Waals surface area contributed by atoms with E-state index in [0.717, 1.165) is 17.0 Å². The van der Waals surface area contributed by atoms with Gasteiger partial charge in [0.2, 0.25) is 0 Å². The molecule has 3 aromatic rings. The zero-order valence-corrected chi connectivity index (χ0v) is 12.7. The molecule has 0 aliphatic carbocycles. The summed E-state index contributed by atoms with van der Waals surface area (Å²) in [6, 6.07) is 4.90. The molecule has 104 valence electrons. The minimum atomic E-state index is -0.323.